The summed E-state index contributed by atoms with van der Waals surface area (Å²) < 4.78 is 3.93. The van der Waals surface area contributed by atoms with E-state index in [1.807, 2.05) is 11.8 Å². The Morgan fingerprint density at radius 2 is 2.44 bits per heavy atom. The van der Waals surface area contributed by atoms with E-state index in [4.69, 9.17) is 11.5 Å². The van der Waals surface area contributed by atoms with Gasteiger partial charge in [-0.15, -0.1) is 0 Å². The number of nitrogens with two attached hydrogens (primary N) is 2. The highest BCUT2D eigenvalue weighted by atomic mass is 32.2. The summed E-state index contributed by atoms with van der Waals surface area (Å²) in [4.78, 5) is 11.2. The fourth-order valence-corrected chi connectivity index (χ4v) is 3.60. The van der Waals surface area contributed by atoms with Crippen molar-refractivity contribution in [2.75, 3.05) is 23.3 Å². The zero-order valence-corrected chi connectivity index (χ0v) is 10.4. The third-order valence-corrected chi connectivity index (χ3v) is 4.70. The number of nitrogen functional groups attached to an aromatic ring is 1. The van der Waals surface area contributed by atoms with Crippen molar-refractivity contribution in [1.29, 1.82) is 0 Å². The minimum absolute atomic E-state index is 0.221. The predicted molar refractivity (Wildman–Crippen MR) is 69.0 cm³/mol. The smallest absolute Gasteiger partial charge is 0.255 e. The standard InChI is InChI=1S/C9H14N4OS2/c10-7-6(8(11)14)9(16-13-7)12-4-5-2-1-3-15-5/h5,12H,1-4H2,(H2,10,13)(H2,11,14). The van der Waals surface area contributed by atoms with E-state index in [9.17, 15) is 4.79 Å². The van der Waals surface area contributed by atoms with Gasteiger partial charge in [-0.25, -0.2) is 0 Å². The number of hydrogen-bond donors (Lipinski definition) is 3. The van der Waals surface area contributed by atoms with Crippen LogP contribution in [0, 0.1) is 0 Å². The van der Waals surface area contributed by atoms with Gasteiger partial charge < -0.3 is 16.8 Å². The zero-order chi connectivity index (χ0) is 11.5. The highest BCUT2D eigenvalue weighted by molar-refractivity contribution is 8.00. The largest absolute Gasteiger partial charge is 0.382 e. The molecule has 2 rings (SSSR count). The van der Waals surface area contributed by atoms with Crippen molar-refractivity contribution in [2.24, 2.45) is 5.73 Å². The maximum Gasteiger partial charge on any atom is 0.255 e. The molecule has 0 saturated carbocycles. The first kappa shape index (κ1) is 11.5. The molecule has 1 fully saturated rings. The number of rotatable bonds is 4. The van der Waals surface area contributed by atoms with Crippen LogP contribution < -0.4 is 16.8 Å². The third kappa shape index (κ3) is 2.41. The monoisotopic (exact) mass is 258 g/mol. The maximum atomic E-state index is 11.2. The van der Waals surface area contributed by atoms with Gasteiger partial charge in [0.2, 0.25) is 0 Å². The first-order valence-corrected chi connectivity index (χ1v) is 6.91. The number of aromatic nitrogens is 1. The Morgan fingerprint density at radius 3 is 3.06 bits per heavy atom. The lowest BCUT2D eigenvalue weighted by atomic mass is 10.2. The van der Waals surface area contributed by atoms with Crippen LogP contribution in [0.25, 0.3) is 0 Å². The molecule has 1 aliphatic heterocycles. The number of nitrogens with zero attached hydrogens (tertiary/aromatic N) is 1. The number of anilines is 2. The third-order valence-electron chi connectivity index (χ3n) is 2.48. The van der Waals surface area contributed by atoms with Gasteiger partial charge in [0, 0.05) is 11.8 Å². The molecular weight excluding hydrogens is 244 g/mol. The topological polar surface area (TPSA) is 94.0 Å². The highest BCUT2D eigenvalue weighted by Crippen LogP contribution is 2.29. The molecule has 1 amide bonds. The summed E-state index contributed by atoms with van der Waals surface area (Å²) >= 11 is 3.15. The molecule has 1 atom stereocenters. The summed E-state index contributed by atoms with van der Waals surface area (Å²) in [5.41, 5.74) is 11.2. The van der Waals surface area contributed by atoms with Gasteiger partial charge in [0.25, 0.3) is 5.91 Å². The number of hydrogen-bond acceptors (Lipinski definition) is 6. The van der Waals surface area contributed by atoms with E-state index >= 15 is 0 Å². The van der Waals surface area contributed by atoms with Crippen molar-refractivity contribution in [3.63, 3.8) is 0 Å². The van der Waals surface area contributed by atoms with Gasteiger partial charge in [-0.3, -0.25) is 4.79 Å². The Balaban J connectivity index is 2.00. The lowest BCUT2D eigenvalue weighted by Crippen LogP contribution is -2.18. The van der Waals surface area contributed by atoms with Crippen LogP contribution in [0.15, 0.2) is 0 Å². The molecule has 5 nitrogen and oxygen atoms in total. The molecule has 1 aliphatic rings. The SMILES string of the molecule is NC(=O)c1c(N)nsc1NCC1CCCS1. The van der Waals surface area contributed by atoms with E-state index in [-0.39, 0.29) is 5.82 Å². The van der Waals surface area contributed by atoms with Gasteiger partial charge in [0.05, 0.1) is 0 Å². The van der Waals surface area contributed by atoms with Gasteiger partial charge in [-0.1, -0.05) is 0 Å². The number of carbonyl (C=O) groups excluding carboxylic acids is 1. The summed E-state index contributed by atoms with van der Waals surface area (Å²) in [6, 6.07) is 0. The molecule has 88 valence electrons. The van der Waals surface area contributed by atoms with Crippen LogP contribution in [-0.4, -0.2) is 27.8 Å². The molecule has 0 radical (unpaired) electrons. The quantitative estimate of drug-likeness (QED) is 0.752. The lowest BCUT2D eigenvalue weighted by molar-refractivity contribution is 0.100. The van der Waals surface area contributed by atoms with Crippen molar-refractivity contribution >= 4 is 40.0 Å². The van der Waals surface area contributed by atoms with Crippen molar-refractivity contribution in [3.05, 3.63) is 5.56 Å². The molecule has 7 heteroatoms. The van der Waals surface area contributed by atoms with E-state index < -0.39 is 5.91 Å². The highest BCUT2D eigenvalue weighted by Gasteiger charge is 2.19. The number of thioether (sulfide) groups is 1. The first-order chi connectivity index (χ1) is 7.68. The second kappa shape index (κ2) is 4.92. The second-order valence-corrected chi connectivity index (χ2v) is 5.83. The van der Waals surface area contributed by atoms with Gasteiger partial charge in [0.15, 0.2) is 5.82 Å². The van der Waals surface area contributed by atoms with E-state index in [2.05, 4.69) is 9.69 Å². The molecule has 0 spiro atoms. The first-order valence-electron chi connectivity index (χ1n) is 5.09. The average Bonchev–Trinajstić information content (AvgIpc) is 2.83. The summed E-state index contributed by atoms with van der Waals surface area (Å²) in [5, 5.41) is 4.52. The van der Waals surface area contributed by atoms with E-state index in [1.165, 1.54) is 30.1 Å². The Morgan fingerprint density at radius 1 is 1.62 bits per heavy atom. The molecular formula is C9H14N4OS2. The summed E-state index contributed by atoms with van der Waals surface area (Å²) in [7, 11) is 0. The Hall–Kier alpha value is -0.950. The molecule has 16 heavy (non-hydrogen) atoms. The summed E-state index contributed by atoms with van der Waals surface area (Å²) in [5.74, 6) is 0.923. The number of primary amides is 1. The minimum atomic E-state index is -0.521. The van der Waals surface area contributed by atoms with E-state index in [0.717, 1.165) is 6.54 Å². The van der Waals surface area contributed by atoms with Gasteiger partial charge in [-0.05, 0) is 30.1 Å². The lowest BCUT2D eigenvalue weighted by Gasteiger charge is -2.10. The Bertz CT molecular complexity index is 387. The van der Waals surface area contributed by atoms with Crippen LogP contribution in [0.4, 0.5) is 10.8 Å². The van der Waals surface area contributed by atoms with Crippen LogP contribution in [-0.2, 0) is 0 Å². The summed E-state index contributed by atoms with van der Waals surface area (Å²) in [6.45, 7) is 0.840. The van der Waals surface area contributed by atoms with Crippen molar-refractivity contribution in [1.82, 2.24) is 4.37 Å². The zero-order valence-electron chi connectivity index (χ0n) is 8.73. The van der Waals surface area contributed by atoms with E-state index in [0.29, 0.717) is 15.8 Å². The molecule has 1 unspecified atom stereocenters. The summed E-state index contributed by atoms with van der Waals surface area (Å²) in [6.07, 6.45) is 2.49. The number of amides is 1. The van der Waals surface area contributed by atoms with Crippen LogP contribution >= 0.6 is 23.3 Å². The van der Waals surface area contributed by atoms with E-state index in [1.54, 1.807) is 0 Å². The van der Waals surface area contributed by atoms with Crippen molar-refractivity contribution in [2.45, 2.75) is 18.1 Å². The average molecular weight is 258 g/mol. The maximum absolute atomic E-state index is 11.2. The Kier molecular flexibility index (Phi) is 3.55. The molecule has 0 aliphatic carbocycles. The molecule has 1 saturated heterocycles. The predicted octanol–water partition coefficient (Wildman–Crippen LogP) is 1.13. The number of nitrogens with one attached hydrogen (secondary N) is 1. The molecule has 0 aromatic carbocycles. The van der Waals surface area contributed by atoms with Crippen LogP contribution in [0.1, 0.15) is 23.2 Å². The minimum Gasteiger partial charge on any atom is -0.382 e. The molecule has 5 N–H and O–H groups in total. The fourth-order valence-electron chi connectivity index (χ4n) is 1.67. The van der Waals surface area contributed by atoms with Crippen molar-refractivity contribution in [3.8, 4) is 0 Å². The molecule has 2 heterocycles. The van der Waals surface area contributed by atoms with Crippen molar-refractivity contribution < 1.29 is 4.79 Å². The molecule has 1 aromatic rings. The van der Waals surface area contributed by atoms with Crippen LogP contribution in [0.5, 0.6) is 0 Å². The van der Waals surface area contributed by atoms with Gasteiger partial charge in [0.1, 0.15) is 10.6 Å². The van der Waals surface area contributed by atoms with Crippen LogP contribution in [0.3, 0.4) is 0 Å². The second-order valence-electron chi connectivity index (χ2n) is 3.65. The normalized spacial score (nSPS) is 19.9. The molecule has 0 bridgehead atoms. The van der Waals surface area contributed by atoms with Gasteiger partial charge in [-0.2, -0.15) is 16.1 Å². The van der Waals surface area contributed by atoms with Crippen LogP contribution in [0.2, 0.25) is 0 Å². The Labute approximate surface area is 102 Å². The fraction of sp³-hybridized carbons (Fsp3) is 0.556. The molecule has 1 aromatic heterocycles. The van der Waals surface area contributed by atoms with Gasteiger partial charge >= 0.3 is 0 Å². The number of carbonyl (C=O) groups is 1.